The van der Waals surface area contributed by atoms with Gasteiger partial charge < -0.3 is 20.5 Å². The molecule has 0 aromatic heterocycles. The number of amides is 2. The summed E-state index contributed by atoms with van der Waals surface area (Å²) < 4.78 is 5.27. The van der Waals surface area contributed by atoms with Crippen LogP contribution in [0.3, 0.4) is 0 Å². The summed E-state index contributed by atoms with van der Waals surface area (Å²) in [7, 11) is 0. The van der Waals surface area contributed by atoms with Crippen LogP contribution in [0.1, 0.15) is 19.3 Å². The molecule has 2 rings (SSSR count). The molecule has 110 valence electrons. The Morgan fingerprint density at radius 1 is 1.30 bits per heavy atom. The van der Waals surface area contributed by atoms with Crippen LogP contribution < -0.4 is 10.6 Å². The highest BCUT2D eigenvalue weighted by atomic mass is 16.5. The molecule has 0 radical (unpaired) electrons. The highest BCUT2D eigenvalue weighted by molar-refractivity contribution is 5.89. The number of hydrogen-bond donors (Lipinski definition) is 3. The first-order valence-electron chi connectivity index (χ1n) is 7.11. The lowest BCUT2D eigenvalue weighted by Crippen LogP contribution is -2.34. The average Bonchev–Trinajstić information content (AvgIpc) is 2.49. The van der Waals surface area contributed by atoms with Gasteiger partial charge in [0.25, 0.3) is 0 Å². The minimum absolute atomic E-state index is 0.240. The van der Waals surface area contributed by atoms with Crippen molar-refractivity contribution >= 4 is 11.7 Å². The summed E-state index contributed by atoms with van der Waals surface area (Å²) in [5.41, 5.74) is 0.759. The van der Waals surface area contributed by atoms with Crippen molar-refractivity contribution in [2.45, 2.75) is 25.4 Å². The Kier molecular flexibility index (Phi) is 5.83. The van der Waals surface area contributed by atoms with Gasteiger partial charge in [-0.3, -0.25) is 0 Å². The maximum absolute atomic E-state index is 11.6. The second kappa shape index (κ2) is 7.87. The quantitative estimate of drug-likeness (QED) is 0.771. The van der Waals surface area contributed by atoms with Crippen molar-refractivity contribution in [2.75, 3.05) is 25.1 Å². The molecule has 3 N–H and O–H groups in total. The summed E-state index contributed by atoms with van der Waals surface area (Å²) in [5, 5.41) is 15.6. The van der Waals surface area contributed by atoms with E-state index in [-0.39, 0.29) is 12.1 Å². The fourth-order valence-electron chi connectivity index (χ4n) is 2.37. The molecule has 5 heteroatoms. The van der Waals surface area contributed by atoms with E-state index in [1.54, 1.807) is 0 Å². The van der Waals surface area contributed by atoms with Crippen molar-refractivity contribution in [3.05, 3.63) is 30.3 Å². The molecule has 0 spiro atoms. The number of benzene rings is 1. The Hall–Kier alpha value is -1.59. The molecular formula is C15H22N2O3. The molecule has 1 aliphatic rings. The van der Waals surface area contributed by atoms with Crippen LogP contribution in [-0.2, 0) is 4.74 Å². The molecule has 0 saturated carbocycles. The van der Waals surface area contributed by atoms with Crippen molar-refractivity contribution in [3.63, 3.8) is 0 Å². The van der Waals surface area contributed by atoms with Crippen molar-refractivity contribution in [3.8, 4) is 0 Å². The second-order valence-corrected chi connectivity index (χ2v) is 5.05. The molecule has 1 fully saturated rings. The van der Waals surface area contributed by atoms with Crippen LogP contribution in [0.5, 0.6) is 0 Å². The minimum atomic E-state index is -0.365. The van der Waals surface area contributed by atoms with E-state index in [1.165, 1.54) is 0 Å². The molecule has 0 bridgehead atoms. The van der Waals surface area contributed by atoms with Crippen LogP contribution in [0.2, 0.25) is 0 Å². The number of aliphatic hydroxyl groups excluding tert-OH is 1. The summed E-state index contributed by atoms with van der Waals surface area (Å²) in [5.74, 6) is 0.294. The molecular weight excluding hydrogens is 256 g/mol. The minimum Gasteiger partial charge on any atom is -0.393 e. The van der Waals surface area contributed by atoms with Crippen LogP contribution in [0.15, 0.2) is 30.3 Å². The maximum Gasteiger partial charge on any atom is 0.319 e. The zero-order valence-corrected chi connectivity index (χ0v) is 11.5. The fraction of sp³-hybridized carbons (Fsp3) is 0.533. The number of rotatable bonds is 5. The van der Waals surface area contributed by atoms with E-state index in [2.05, 4.69) is 10.6 Å². The predicted octanol–water partition coefficient (Wildman–Crippen LogP) is 1.99. The zero-order valence-electron chi connectivity index (χ0n) is 11.5. The van der Waals surface area contributed by atoms with Gasteiger partial charge in [-0.2, -0.15) is 0 Å². The third-order valence-electron chi connectivity index (χ3n) is 3.57. The smallest absolute Gasteiger partial charge is 0.319 e. The standard InChI is InChI=1S/C15H22N2O3/c18-14(12-7-10-20-11-8-12)6-9-16-15(19)17-13-4-2-1-3-5-13/h1-5,12,14,18H,6-11H2,(H2,16,17,19)/t14-/m1/s1. The Balaban J connectivity index is 1.63. The van der Waals surface area contributed by atoms with Crippen LogP contribution >= 0.6 is 0 Å². The van der Waals surface area contributed by atoms with Crippen molar-refractivity contribution in [2.24, 2.45) is 5.92 Å². The number of hydrogen-bond acceptors (Lipinski definition) is 3. The Labute approximate surface area is 119 Å². The van der Waals surface area contributed by atoms with E-state index in [1.807, 2.05) is 30.3 Å². The van der Waals surface area contributed by atoms with E-state index < -0.39 is 0 Å². The van der Waals surface area contributed by atoms with Crippen molar-refractivity contribution in [1.82, 2.24) is 5.32 Å². The number of carbonyl (C=O) groups is 1. The van der Waals surface area contributed by atoms with Crippen molar-refractivity contribution < 1.29 is 14.6 Å². The molecule has 0 unspecified atom stereocenters. The van der Waals surface area contributed by atoms with Crippen molar-refractivity contribution in [1.29, 1.82) is 0 Å². The summed E-state index contributed by atoms with van der Waals surface area (Å²) in [6, 6.07) is 9.05. The number of urea groups is 1. The monoisotopic (exact) mass is 278 g/mol. The molecule has 1 saturated heterocycles. The first-order valence-corrected chi connectivity index (χ1v) is 7.11. The van der Waals surface area contributed by atoms with Gasteiger partial charge in [0.1, 0.15) is 0 Å². The van der Waals surface area contributed by atoms with E-state index in [0.717, 1.165) is 31.7 Å². The number of carbonyl (C=O) groups excluding carboxylic acids is 1. The molecule has 2 amide bonds. The van der Waals surface area contributed by atoms with E-state index in [4.69, 9.17) is 4.74 Å². The van der Waals surface area contributed by atoms with Crippen LogP contribution in [0.4, 0.5) is 10.5 Å². The van der Waals surface area contributed by atoms with Crippen LogP contribution in [0.25, 0.3) is 0 Å². The SMILES string of the molecule is O=C(NCC[C@@H](O)C1CCOCC1)Nc1ccccc1. The third-order valence-corrected chi connectivity index (χ3v) is 3.57. The number of nitrogens with one attached hydrogen (secondary N) is 2. The maximum atomic E-state index is 11.6. The normalized spacial score (nSPS) is 17.4. The van der Waals surface area contributed by atoms with Gasteiger partial charge in [0, 0.05) is 25.4 Å². The topological polar surface area (TPSA) is 70.6 Å². The number of anilines is 1. The van der Waals surface area contributed by atoms with Gasteiger partial charge in [0.2, 0.25) is 0 Å². The molecule has 1 aromatic carbocycles. The second-order valence-electron chi connectivity index (χ2n) is 5.05. The zero-order chi connectivity index (χ0) is 14.2. The molecule has 1 heterocycles. The third kappa shape index (κ3) is 4.83. The van der Waals surface area contributed by atoms with Gasteiger partial charge in [-0.15, -0.1) is 0 Å². The van der Waals surface area contributed by atoms with Gasteiger partial charge in [-0.1, -0.05) is 18.2 Å². The Morgan fingerprint density at radius 3 is 2.70 bits per heavy atom. The number of ether oxygens (including phenoxy) is 1. The van der Waals surface area contributed by atoms with Gasteiger partial charge in [0.05, 0.1) is 6.10 Å². The fourth-order valence-corrected chi connectivity index (χ4v) is 2.37. The van der Waals surface area contributed by atoms with Gasteiger partial charge in [-0.25, -0.2) is 4.79 Å². The van der Waals surface area contributed by atoms with Crippen LogP contribution in [0, 0.1) is 5.92 Å². The molecule has 1 aromatic rings. The van der Waals surface area contributed by atoms with Gasteiger partial charge in [0.15, 0.2) is 0 Å². The molecule has 1 aliphatic heterocycles. The summed E-state index contributed by atoms with van der Waals surface area (Å²) in [4.78, 5) is 11.6. The number of para-hydroxylation sites is 1. The van der Waals surface area contributed by atoms with E-state index in [0.29, 0.717) is 18.9 Å². The summed E-state index contributed by atoms with van der Waals surface area (Å²) >= 11 is 0. The van der Waals surface area contributed by atoms with Gasteiger partial charge >= 0.3 is 6.03 Å². The summed E-state index contributed by atoms with van der Waals surface area (Å²) in [6.07, 6.45) is 2.01. The summed E-state index contributed by atoms with van der Waals surface area (Å²) in [6.45, 7) is 1.92. The lowest BCUT2D eigenvalue weighted by molar-refractivity contribution is 0.00549. The lowest BCUT2D eigenvalue weighted by atomic mass is 9.92. The Bertz CT molecular complexity index is 405. The first-order chi connectivity index (χ1) is 9.75. The van der Waals surface area contributed by atoms with Gasteiger partial charge in [-0.05, 0) is 37.3 Å². The largest absolute Gasteiger partial charge is 0.393 e. The Morgan fingerprint density at radius 2 is 2.00 bits per heavy atom. The lowest BCUT2D eigenvalue weighted by Gasteiger charge is -2.26. The highest BCUT2D eigenvalue weighted by Crippen LogP contribution is 2.20. The molecule has 5 nitrogen and oxygen atoms in total. The average molecular weight is 278 g/mol. The van der Waals surface area contributed by atoms with Crippen LogP contribution in [-0.4, -0.2) is 37.0 Å². The van der Waals surface area contributed by atoms with E-state index >= 15 is 0 Å². The highest BCUT2D eigenvalue weighted by Gasteiger charge is 2.21. The molecule has 20 heavy (non-hydrogen) atoms. The predicted molar refractivity (Wildman–Crippen MR) is 77.6 cm³/mol. The van der Waals surface area contributed by atoms with E-state index in [9.17, 15) is 9.90 Å². The number of aliphatic hydroxyl groups is 1. The molecule has 0 aliphatic carbocycles. The first kappa shape index (κ1) is 14.8. The molecule has 1 atom stereocenters.